The molecule has 2 N–H and O–H groups in total. The van der Waals surface area contributed by atoms with Crippen molar-refractivity contribution in [3.8, 4) is 0 Å². The second-order valence-corrected chi connectivity index (χ2v) is 6.76. The molecule has 0 saturated heterocycles. The molecule has 0 aromatic heterocycles. The smallest absolute Gasteiger partial charge is 0.270 e. The highest BCUT2D eigenvalue weighted by atomic mass is 28.4. The fourth-order valence-electron chi connectivity index (χ4n) is 1.14. The van der Waals surface area contributed by atoms with Crippen LogP contribution < -0.4 is 5.40 Å². The molecule has 0 saturated carbocycles. The molecule has 1 unspecified atom stereocenters. The van der Waals surface area contributed by atoms with Crippen LogP contribution in [0.25, 0.3) is 0 Å². The fourth-order valence-corrected chi connectivity index (χ4v) is 3.25. The molecule has 13 heavy (non-hydrogen) atoms. The first kappa shape index (κ1) is 13.1. The molecule has 0 radical (unpaired) electrons. The van der Waals surface area contributed by atoms with Crippen molar-refractivity contribution in [1.82, 2.24) is 0 Å². The summed E-state index contributed by atoms with van der Waals surface area (Å²) in [7, 11) is 0.953. The number of nitrogens with two attached hydrogens (primary N) is 1. The summed E-state index contributed by atoms with van der Waals surface area (Å²) in [5.41, 5.74) is 0. The lowest BCUT2D eigenvalue weighted by Gasteiger charge is -2.34. The van der Waals surface area contributed by atoms with Gasteiger partial charge in [0.25, 0.3) is 14.5 Å². The van der Waals surface area contributed by atoms with Crippen molar-refractivity contribution in [2.45, 2.75) is 38.8 Å². The van der Waals surface area contributed by atoms with E-state index in [1.165, 1.54) is 0 Å². The molecule has 0 aromatic carbocycles. The third-order valence-corrected chi connectivity index (χ3v) is 4.24. The van der Waals surface area contributed by atoms with Gasteiger partial charge in [-0.15, -0.1) is 0 Å². The largest absolute Gasteiger partial charge is 0.355 e. The van der Waals surface area contributed by atoms with E-state index >= 15 is 0 Å². The Labute approximate surface area is 81.6 Å². The van der Waals surface area contributed by atoms with Gasteiger partial charge < -0.3 is 19.3 Å². The van der Waals surface area contributed by atoms with Gasteiger partial charge in [-0.3, -0.25) is 0 Å². The second-order valence-electron chi connectivity index (χ2n) is 3.44. The van der Waals surface area contributed by atoms with Crippen molar-refractivity contribution in [3.05, 3.63) is 0 Å². The van der Waals surface area contributed by atoms with Crippen molar-refractivity contribution < 1.29 is 13.9 Å². The van der Waals surface area contributed by atoms with Crippen molar-refractivity contribution in [1.29, 1.82) is 0 Å². The number of hydrogen-bond donors (Lipinski definition) is 1. The van der Waals surface area contributed by atoms with E-state index in [0.717, 1.165) is 12.5 Å². The monoisotopic (exact) mass is 207 g/mol. The summed E-state index contributed by atoms with van der Waals surface area (Å²) in [6.45, 7) is 5.76. The normalized spacial score (nSPS) is 17.1. The summed E-state index contributed by atoms with van der Waals surface area (Å²) < 4.78 is 15.8. The molecule has 0 aliphatic rings. The van der Waals surface area contributed by atoms with E-state index in [1.54, 1.807) is 21.1 Å². The lowest BCUT2D eigenvalue weighted by Crippen LogP contribution is -2.53. The summed E-state index contributed by atoms with van der Waals surface area (Å²) in [5.74, 6) is -0.995. The van der Waals surface area contributed by atoms with Crippen LogP contribution in [0.1, 0.15) is 20.3 Å². The zero-order chi connectivity index (χ0) is 10.5. The molecule has 1 atom stereocenters. The summed E-state index contributed by atoms with van der Waals surface area (Å²) >= 11 is 0. The molecule has 0 aliphatic heterocycles. The third kappa shape index (κ3) is 4.73. The molecule has 0 spiro atoms. The van der Waals surface area contributed by atoms with Gasteiger partial charge in [0.05, 0.1) is 0 Å². The van der Waals surface area contributed by atoms with Crippen LogP contribution in [0.2, 0.25) is 12.6 Å². The van der Waals surface area contributed by atoms with Crippen LogP contribution in [0.15, 0.2) is 0 Å². The molecule has 5 heteroatoms. The molecule has 0 aromatic rings. The molecule has 0 rings (SSSR count). The standard InChI is InChI=1S/C8H21NO3Si/c1-6-7-13(5,9)12-8(2,10-3)11-4/h6-7,9H2,1-5H3. The molecule has 0 heterocycles. The summed E-state index contributed by atoms with van der Waals surface area (Å²) in [6.07, 6.45) is 1.02. The number of hydrogen-bond acceptors (Lipinski definition) is 4. The topological polar surface area (TPSA) is 53.7 Å². The van der Waals surface area contributed by atoms with Crippen LogP contribution in [0.5, 0.6) is 0 Å². The van der Waals surface area contributed by atoms with Gasteiger partial charge in [0.1, 0.15) is 0 Å². The van der Waals surface area contributed by atoms with E-state index in [2.05, 4.69) is 6.92 Å². The van der Waals surface area contributed by atoms with Crippen LogP contribution in [0.3, 0.4) is 0 Å². The Balaban J connectivity index is 4.21. The second kappa shape index (κ2) is 5.07. The van der Waals surface area contributed by atoms with Gasteiger partial charge in [0.15, 0.2) is 0 Å². The minimum atomic E-state index is -2.13. The predicted octanol–water partition coefficient (Wildman–Crippen LogP) is 1.41. The van der Waals surface area contributed by atoms with E-state index in [9.17, 15) is 0 Å². The minimum Gasteiger partial charge on any atom is -0.355 e. The van der Waals surface area contributed by atoms with Gasteiger partial charge in [-0.25, -0.2) is 0 Å². The zero-order valence-corrected chi connectivity index (χ0v) is 10.2. The fraction of sp³-hybridized carbons (Fsp3) is 1.00. The van der Waals surface area contributed by atoms with Gasteiger partial charge in [-0.05, 0) is 12.6 Å². The molecule has 80 valence electrons. The Bertz CT molecular complexity index is 148. The average molecular weight is 207 g/mol. The third-order valence-electron chi connectivity index (χ3n) is 1.91. The highest BCUT2D eigenvalue weighted by Gasteiger charge is 2.35. The zero-order valence-electron chi connectivity index (χ0n) is 9.22. The first-order chi connectivity index (χ1) is 5.89. The molecule has 0 amide bonds. The molecule has 0 fully saturated rings. The minimum absolute atomic E-state index is 0.898. The maximum atomic E-state index is 6.02. The highest BCUT2D eigenvalue weighted by Crippen LogP contribution is 2.19. The van der Waals surface area contributed by atoms with Crippen LogP contribution in [0.4, 0.5) is 0 Å². The maximum absolute atomic E-state index is 6.02. The van der Waals surface area contributed by atoms with Gasteiger partial charge in [-0.1, -0.05) is 13.3 Å². The van der Waals surface area contributed by atoms with Crippen LogP contribution in [-0.4, -0.2) is 28.7 Å². The number of ether oxygens (including phenoxy) is 2. The van der Waals surface area contributed by atoms with Crippen molar-refractivity contribution in [3.63, 3.8) is 0 Å². The molecule has 0 aliphatic carbocycles. The van der Waals surface area contributed by atoms with Crippen LogP contribution in [-0.2, 0) is 13.9 Å². The Morgan fingerprint density at radius 2 is 1.77 bits per heavy atom. The highest BCUT2D eigenvalue weighted by molar-refractivity contribution is 6.69. The van der Waals surface area contributed by atoms with Gasteiger partial charge in [-0.2, -0.15) is 0 Å². The van der Waals surface area contributed by atoms with Gasteiger partial charge in [0.2, 0.25) is 0 Å². The first-order valence-electron chi connectivity index (χ1n) is 4.48. The number of rotatable bonds is 6. The Kier molecular flexibility index (Phi) is 5.09. The Morgan fingerprint density at radius 3 is 2.08 bits per heavy atom. The summed E-state index contributed by atoms with van der Waals surface area (Å²) in [6, 6.07) is 0.898. The molecular formula is C8H21NO3Si. The van der Waals surface area contributed by atoms with E-state index in [4.69, 9.17) is 19.3 Å². The van der Waals surface area contributed by atoms with E-state index < -0.39 is 14.5 Å². The van der Waals surface area contributed by atoms with Gasteiger partial charge in [0, 0.05) is 21.1 Å². The van der Waals surface area contributed by atoms with Gasteiger partial charge >= 0.3 is 0 Å². The Hall–Kier alpha value is 0.0569. The molecular weight excluding hydrogens is 186 g/mol. The lowest BCUT2D eigenvalue weighted by molar-refractivity contribution is -0.315. The molecule has 4 nitrogen and oxygen atoms in total. The average Bonchev–Trinajstić information content (AvgIpc) is 2.03. The SMILES string of the molecule is CCC[Si](C)(N)OC(C)(OC)OC. The van der Waals surface area contributed by atoms with Crippen molar-refractivity contribution in [2.24, 2.45) is 5.40 Å². The van der Waals surface area contributed by atoms with Crippen LogP contribution in [0, 0.1) is 0 Å². The van der Waals surface area contributed by atoms with Crippen molar-refractivity contribution >= 4 is 8.48 Å². The Morgan fingerprint density at radius 1 is 1.31 bits per heavy atom. The van der Waals surface area contributed by atoms with E-state index in [-0.39, 0.29) is 0 Å². The maximum Gasteiger partial charge on any atom is 0.270 e. The summed E-state index contributed by atoms with van der Waals surface area (Å²) in [5, 5.41) is 6.02. The summed E-state index contributed by atoms with van der Waals surface area (Å²) in [4.78, 5) is 0. The first-order valence-corrected chi connectivity index (χ1v) is 7.18. The van der Waals surface area contributed by atoms with Crippen LogP contribution >= 0.6 is 0 Å². The van der Waals surface area contributed by atoms with E-state index in [0.29, 0.717) is 0 Å². The van der Waals surface area contributed by atoms with E-state index in [1.807, 2.05) is 6.55 Å². The number of methoxy groups -OCH3 is 2. The predicted molar refractivity (Wildman–Crippen MR) is 54.4 cm³/mol. The lowest BCUT2D eigenvalue weighted by atomic mass is 10.6. The van der Waals surface area contributed by atoms with Crippen molar-refractivity contribution in [2.75, 3.05) is 14.2 Å². The quantitative estimate of drug-likeness (QED) is 0.528. The molecule has 0 bridgehead atoms.